The van der Waals surface area contributed by atoms with E-state index in [4.69, 9.17) is 5.73 Å². The fraction of sp³-hybridized carbons (Fsp3) is 0.182. The molecular weight excluding hydrogens is 222 g/mol. The molecule has 84 valence electrons. The number of anilines is 2. The van der Waals surface area contributed by atoms with Crippen LogP contribution in [0.1, 0.15) is 11.3 Å². The molecule has 0 aliphatic rings. The standard InChI is InChI=1S/C11H13N3OS/c1-7-9(12)3-2-4-10(7)13-5-8-6-16-11(15)14-8/h2-4,6,13H,5,12H2,1H3,(H,14,15). The number of nitrogen functional groups attached to an aromatic ring is 1. The summed E-state index contributed by atoms with van der Waals surface area (Å²) in [5, 5.41) is 5.06. The largest absolute Gasteiger partial charge is 0.398 e. The Bertz CT molecular complexity index is 544. The average molecular weight is 235 g/mol. The van der Waals surface area contributed by atoms with Crippen LogP contribution in [0.3, 0.4) is 0 Å². The van der Waals surface area contributed by atoms with E-state index in [2.05, 4.69) is 10.3 Å². The highest BCUT2D eigenvalue weighted by molar-refractivity contribution is 7.07. The number of thiazole rings is 1. The Hall–Kier alpha value is -1.75. The second-order valence-corrected chi connectivity index (χ2v) is 4.39. The van der Waals surface area contributed by atoms with Crippen LogP contribution < -0.4 is 15.9 Å². The summed E-state index contributed by atoms with van der Waals surface area (Å²) in [7, 11) is 0. The van der Waals surface area contributed by atoms with Crippen LogP contribution in [0.2, 0.25) is 0 Å². The predicted octanol–water partition coefficient (Wildman–Crippen LogP) is 1.94. The van der Waals surface area contributed by atoms with Crippen molar-refractivity contribution in [1.82, 2.24) is 4.98 Å². The van der Waals surface area contributed by atoms with Crippen LogP contribution in [0.5, 0.6) is 0 Å². The van der Waals surface area contributed by atoms with E-state index >= 15 is 0 Å². The van der Waals surface area contributed by atoms with Gasteiger partial charge in [-0.1, -0.05) is 17.4 Å². The lowest BCUT2D eigenvalue weighted by Crippen LogP contribution is -2.04. The Morgan fingerprint density at radius 2 is 2.31 bits per heavy atom. The van der Waals surface area contributed by atoms with Gasteiger partial charge in [0.15, 0.2) is 0 Å². The van der Waals surface area contributed by atoms with E-state index in [0.29, 0.717) is 6.54 Å². The normalized spacial score (nSPS) is 10.3. The maximum Gasteiger partial charge on any atom is 0.304 e. The molecule has 2 rings (SSSR count). The smallest absolute Gasteiger partial charge is 0.304 e. The van der Waals surface area contributed by atoms with Gasteiger partial charge in [0.1, 0.15) is 0 Å². The van der Waals surface area contributed by atoms with Crippen LogP contribution in [-0.2, 0) is 6.54 Å². The number of nitrogens with two attached hydrogens (primary N) is 1. The number of hydrogen-bond donors (Lipinski definition) is 3. The molecule has 2 aromatic rings. The second-order valence-electron chi connectivity index (χ2n) is 3.55. The van der Waals surface area contributed by atoms with Gasteiger partial charge in [0.05, 0.1) is 6.54 Å². The van der Waals surface area contributed by atoms with Gasteiger partial charge in [-0.25, -0.2) is 0 Å². The van der Waals surface area contributed by atoms with Crippen molar-refractivity contribution in [3.63, 3.8) is 0 Å². The van der Waals surface area contributed by atoms with E-state index < -0.39 is 0 Å². The number of H-pyrrole nitrogens is 1. The highest BCUT2D eigenvalue weighted by Crippen LogP contribution is 2.20. The number of nitrogens with one attached hydrogen (secondary N) is 2. The topological polar surface area (TPSA) is 70.9 Å². The molecule has 1 aromatic carbocycles. The fourth-order valence-electron chi connectivity index (χ4n) is 1.44. The molecular formula is C11H13N3OS. The summed E-state index contributed by atoms with van der Waals surface area (Å²) in [4.78, 5) is 13.7. The Labute approximate surface area is 97.1 Å². The van der Waals surface area contributed by atoms with Gasteiger partial charge in [-0.2, -0.15) is 0 Å². The lowest BCUT2D eigenvalue weighted by atomic mass is 10.1. The molecule has 5 heteroatoms. The Morgan fingerprint density at radius 1 is 1.50 bits per heavy atom. The molecule has 0 aliphatic heterocycles. The summed E-state index contributed by atoms with van der Waals surface area (Å²) < 4.78 is 0. The van der Waals surface area contributed by atoms with Crippen LogP contribution in [0.15, 0.2) is 28.4 Å². The van der Waals surface area contributed by atoms with Gasteiger partial charge in [0.2, 0.25) is 0 Å². The van der Waals surface area contributed by atoms with Gasteiger partial charge in [-0.05, 0) is 24.6 Å². The molecule has 0 atom stereocenters. The fourth-order valence-corrected chi connectivity index (χ4v) is 2.02. The third kappa shape index (κ3) is 2.25. The van der Waals surface area contributed by atoms with Crippen LogP contribution in [0, 0.1) is 6.92 Å². The van der Waals surface area contributed by atoms with E-state index in [-0.39, 0.29) is 4.87 Å². The van der Waals surface area contributed by atoms with Crippen molar-refractivity contribution in [3.05, 3.63) is 44.5 Å². The molecule has 0 fully saturated rings. The van der Waals surface area contributed by atoms with Gasteiger partial charge >= 0.3 is 4.87 Å². The lowest BCUT2D eigenvalue weighted by molar-refractivity contribution is 1.06. The molecule has 0 saturated heterocycles. The van der Waals surface area contributed by atoms with Crippen molar-refractivity contribution < 1.29 is 0 Å². The minimum absolute atomic E-state index is 0.0268. The van der Waals surface area contributed by atoms with E-state index in [1.807, 2.05) is 30.5 Å². The van der Waals surface area contributed by atoms with Gasteiger partial charge < -0.3 is 16.0 Å². The highest BCUT2D eigenvalue weighted by atomic mass is 32.1. The predicted molar refractivity (Wildman–Crippen MR) is 67.9 cm³/mol. The molecule has 0 bridgehead atoms. The lowest BCUT2D eigenvalue weighted by Gasteiger charge is -2.09. The van der Waals surface area contributed by atoms with Crippen LogP contribution >= 0.6 is 11.3 Å². The van der Waals surface area contributed by atoms with Crippen molar-refractivity contribution >= 4 is 22.7 Å². The van der Waals surface area contributed by atoms with E-state index in [1.165, 1.54) is 11.3 Å². The number of benzene rings is 1. The number of aromatic amines is 1. The molecule has 1 aromatic heterocycles. The monoisotopic (exact) mass is 235 g/mol. The van der Waals surface area contributed by atoms with Crippen molar-refractivity contribution in [2.75, 3.05) is 11.1 Å². The molecule has 16 heavy (non-hydrogen) atoms. The van der Waals surface area contributed by atoms with E-state index in [9.17, 15) is 4.79 Å². The van der Waals surface area contributed by atoms with Gasteiger partial charge in [-0.15, -0.1) is 0 Å². The zero-order chi connectivity index (χ0) is 11.5. The summed E-state index contributed by atoms with van der Waals surface area (Å²) in [6, 6.07) is 5.74. The number of aromatic nitrogens is 1. The first-order valence-corrected chi connectivity index (χ1v) is 5.80. The molecule has 4 nitrogen and oxygen atoms in total. The summed E-state index contributed by atoms with van der Waals surface area (Å²) in [6.07, 6.45) is 0. The minimum atomic E-state index is -0.0268. The van der Waals surface area contributed by atoms with Gasteiger partial charge in [0, 0.05) is 22.4 Å². The number of rotatable bonds is 3. The van der Waals surface area contributed by atoms with Crippen LogP contribution in [0.25, 0.3) is 0 Å². The third-order valence-corrected chi connectivity index (χ3v) is 3.13. The van der Waals surface area contributed by atoms with Gasteiger partial charge in [-0.3, -0.25) is 4.79 Å². The van der Waals surface area contributed by atoms with Crippen molar-refractivity contribution in [2.45, 2.75) is 13.5 Å². The maximum absolute atomic E-state index is 10.9. The molecule has 4 N–H and O–H groups in total. The molecule has 0 aliphatic carbocycles. The molecule has 1 heterocycles. The van der Waals surface area contributed by atoms with Crippen LogP contribution in [-0.4, -0.2) is 4.98 Å². The summed E-state index contributed by atoms with van der Waals surface area (Å²) in [5.41, 5.74) is 9.47. The molecule has 0 radical (unpaired) electrons. The average Bonchev–Trinajstić information content (AvgIpc) is 2.67. The zero-order valence-corrected chi connectivity index (χ0v) is 9.73. The SMILES string of the molecule is Cc1c(N)cccc1NCc1csc(=O)[nH]1. The van der Waals surface area contributed by atoms with Crippen molar-refractivity contribution in [3.8, 4) is 0 Å². The highest BCUT2D eigenvalue weighted by Gasteiger charge is 2.01. The number of hydrogen-bond acceptors (Lipinski definition) is 4. The Balaban J connectivity index is 2.10. The third-order valence-electron chi connectivity index (χ3n) is 2.42. The molecule has 0 spiro atoms. The molecule has 0 amide bonds. The Morgan fingerprint density at radius 3 is 3.00 bits per heavy atom. The van der Waals surface area contributed by atoms with Gasteiger partial charge in [0.25, 0.3) is 0 Å². The van der Waals surface area contributed by atoms with E-state index in [0.717, 1.165) is 22.6 Å². The zero-order valence-electron chi connectivity index (χ0n) is 8.91. The minimum Gasteiger partial charge on any atom is -0.398 e. The summed E-state index contributed by atoms with van der Waals surface area (Å²) in [5.74, 6) is 0. The maximum atomic E-state index is 10.9. The first-order chi connectivity index (χ1) is 7.66. The quantitative estimate of drug-likeness (QED) is 0.712. The van der Waals surface area contributed by atoms with E-state index in [1.54, 1.807) is 0 Å². The molecule has 0 unspecified atom stereocenters. The second kappa shape index (κ2) is 4.40. The Kier molecular flexibility index (Phi) is 2.96. The van der Waals surface area contributed by atoms with Crippen LogP contribution in [0.4, 0.5) is 11.4 Å². The summed E-state index contributed by atoms with van der Waals surface area (Å²) >= 11 is 1.17. The van der Waals surface area contributed by atoms with Crippen molar-refractivity contribution in [1.29, 1.82) is 0 Å². The van der Waals surface area contributed by atoms with Crippen molar-refractivity contribution in [2.24, 2.45) is 0 Å². The summed E-state index contributed by atoms with van der Waals surface area (Å²) in [6.45, 7) is 2.57. The first kappa shape index (κ1) is 10.8. The first-order valence-electron chi connectivity index (χ1n) is 4.92. The molecule has 0 saturated carbocycles.